The Balaban J connectivity index is 0.000000188. The van der Waals surface area contributed by atoms with E-state index in [1.54, 1.807) is 12.1 Å². The zero-order chi connectivity index (χ0) is 16.1. The molecule has 1 heterocycles. The van der Waals surface area contributed by atoms with Crippen LogP contribution in [0.4, 0.5) is 11.4 Å². The highest BCUT2D eigenvalue weighted by Gasteiger charge is 2.26. The Morgan fingerprint density at radius 2 is 1.45 bits per heavy atom. The van der Waals surface area contributed by atoms with Gasteiger partial charge in [-0.25, -0.2) is 4.90 Å². The average Bonchev–Trinajstić information content (AvgIpc) is 2.83. The first kappa shape index (κ1) is 15.3. The van der Waals surface area contributed by atoms with Crippen LogP contribution in [0, 0.1) is 6.92 Å². The quantitative estimate of drug-likeness (QED) is 0.625. The third-order valence-electron chi connectivity index (χ3n) is 3.01. The van der Waals surface area contributed by atoms with Gasteiger partial charge < -0.3 is 10.8 Å². The van der Waals surface area contributed by atoms with Crippen LogP contribution < -0.4 is 10.6 Å². The molecule has 5 nitrogen and oxygen atoms in total. The van der Waals surface area contributed by atoms with E-state index in [-0.39, 0.29) is 11.4 Å². The van der Waals surface area contributed by atoms with Crippen molar-refractivity contribution in [2.24, 2.45) is 0 Å². The predicted molar refractivity (Wildman–Crippen MR) is 85.3 cm³/mol. The van der Waals surface area contributed by atoms with Gasteiger partial charge in [0, 0.05) is 17.8 Å². The van der Waals surface area contributed by atoms with Gasteiger partial charge in [-0.15, -0.1) is 0 Å². The molecule has 5 heteroatoms. The molecule has 0 saturated carbocycles. The minimum Gasteiger partial charge on any atom is -0.506 e. The van der Waals surface area contributed by atoms with Gasteiger partial charge >= 0.3 is 0 Å². The van der Waals surface area contributed by atoms with Crippen molar-refractivity contribution >= 4 is 23.2 Å². The number of amides is 2. The topological polar surface area (TPSA) is 83.6 Å². The lowest BCUT2D eigenvalue weighted by Gasteiger charge is -2.14. The van der Waals surface area contributed by atoms with E-state index in [0.717, 1.165) is 10.6 Å². The number of anilines is 2. The van der Waals surface area contributed by atoms with Crippen LogP contribution in [0.2, 0.25) is 0 Å². The lowest BCUT2D eigenvalue weighted by Crippen LogP contribution is -2.29. The largest absolute Gasteiger partial charge is 0.506 e. The van der Waals surface area contributed by atoms with Gasteiger partial charge in [0.15, 0.2) is 0 Å². The first-order chi connectivity index (χ1) is 10.5. The number of hydrogen-bond donors (Lipinski definition) is 2. The van der Waals surface area contributed by atoms with Crippen LogP contribution in [0.25, 0.3) is 0 Å². The number of hydrogen-bond acceptors (Lipinski definition) is 4. The van der Waals surface area contributed by atoms with E-state index in [2.05, 4.69) is 0 Å². The van der Waals surface area contributed by atoms with Gasteiger partial charge in [-0.05, 0) is 31.2 Å². The SMILES string of the molecule is Cc1ccc(N)cc1.O=C1C=CC(=O)N1c1ccccc1O. The van der Waals surface area contributed by atoms with Crippen LogP contribution in [-0.2, 0) is 9.59 Å². The number of aromatic hydroxyl groups is 1. The number of carbonyl (C=O) groups is 2. The van der Waals surface area contributed by atoms with Gasteiger partial charge in [0.05, 0.1) is 5.69 Å². The maximum atomic E-state index is 11.2. The number of aryl methyl sites for hydroxylation is 1. The Morgan fingerprint density at radius 3 is 1.95 bits per heavy atom. The molecule has 0 bridgehead atoms. The fourth-order valence-corrected chi connectivity index (χ4v) is 1.86. The van der Waals surface area contributed by atoms with Crippen molar-refractivity contribution < 1.29 is 14.7 Å². The smallest absolute Gasteiger partial charge is 0.258 e. The number of imide groups is 1. The zero-order valence-corrected chi connectivity index (χ0v) is 12.1. The predicted octanol–water partition coefficient (Wildman–Crippen LogP) is 2.40. The second-order valence-electron chi connectivity index (χ2n) is 4.74. The minimum atomic E-state index is -0.434. The summed E-state index contributed by atoms with van der Waals surface area (Å²) in [5.41, 5.74) is 7.72. The number of nitrogen functional groups attached to an aromatic ring is 1. The summed E-state index contributed by atoms with van der Waals surface area (Å²) < 4.78 is 0. The maximum absolute atomic E-state index is 11.2. The molecule has 1 aliphatic rings. The van der Waals surface area contributed by atoms with Crippen LogP contribution in [0.5, 0.6) is 5.75 Å². The molecular formula is C17H16N2O3. The average molecular weight is 296 g/mol. The summed E-state index contributed by atoms with van der Waals surface area (Å²) in [6.45, 7) is 2.04. The minimum absolute atomic E-state index is 0.0853. The highest BCUT2D eigenvalue weighted by Crippen LogP contribution is 2.28. The van der Waals surface area contributed by atoms with Gasteiger partial charge in [0.2, 0.25) is 0 Å². The van der Waals surface area contributed by atoms with Crippen molar-refractivity contribution in [1.29, 1.82) is 0 Å². The number of nitrogens with two attached hydrogens (primary N) is 1. The molecule has 2 amide bonds. The third-order valence-corrected chi connectivity index (χ3v) is 3.01. The third kappa shape index (κ3) is 3.52. The Bertz CT molecular complexity index is 682. The Kier molecular flexibility index (Phi) is 4.58. The number of phenolic OH excluding ortho intramolecular Hbond substituents is 1. The van der Waals surface area contributed by atoms with Crippen LogP contribution in [0.1, 0.15) is 5.56 Å². The number of nitrogens with zero attached hydrogens (tertiary/aromatic N) is 1. The van der Waals surface area contributed by atoms with Gasteiger partial charge in [-0.1, -0.05) is 29.8 Å². The maximum Gasteiger partial charge on any atom is 0.258 e. The molecular weight excluding hydrogens is 280 g/mol. The molecule has 2 aromatic carbocycles. The Labute approximate surface area is 128 Å². The highest BCUT2D eigenvalue weighted by atomic mass is 16.3. The summed E-state index contributed by atoms with van der Waals surface area (Å²) in [6, 6.07) is 14.0. The molecule has 0 unspecified atom stereocenters. The fraction of sp³-hybridized carbons (Fsp3) is 0.0588. The molecule has 0 fully saturated rings. The zero-order valence-electron chi connectivity index (χ0n) is 12.1. The molecule has 0 radical (unpaired) electrons. The molecule has 1 aliphatic heterocycles. The van der Waals surface area contributed by atoms with Crippen molar-refractivity contribution in [1.82, 2.24) is 0 Å². The Hall–Kier alpha value is -3.08. The number of para-hydroxylation sites is 2. The van der Waals surface area contributed by atoms with Crippen LogP contribution in [0.15, 0.2) is 60.7 Å². The molecule has 0 aliphatic carbocycles. The monoisotopic (exact) mass is 296 g/mol. The van der Waals surface area contributed by atoms with Gasteiger partial charge in [0.1, 0.15) is 5.75 Å². The molecule has 0 aromatic heterocycles. The van der Waals surface area contributed by atoms with E-state index in [4.69, 9.17) is 5.73 Å². The van der Waals surface area contributed by atoms with Gasteiger partial charge in [0.25, 0.3) is 11.8 Å². The van der Waals surface area contributed by atoms with Crippen molar-refractivity contribution in [2.45, 2.75) is 6.92 Å². The van der Waals surface area contributed by atoms with Crippen LogP contribution in [-0.4, -0.2) is 16.9 Å². The first-order valence-electron chi connectivity index (χ1n) is 6.65. The number of rotatable bonds is 1. The summed E-state index contributed by atoms with van der Waals surface area (Å²) in [5.74, 6) is -0.953. The molecule has 2 aromatic rings. The standard InChI is InChI=1S/C10H7NO3.C7H9N/c12-8-4-2-1-3-7(8)11-9(13)5-6-10(11)14;1-6-2-4-7(8)5-3-6/h1-6,12H;2-5H,8H2,1H3. The fourth-order valence-electron chi connectivity index (χ4n) is 1.86. The van der Waals surface area contributed by atoms with Crippen LogP contribution in [0.3, 0.4) is 0 Å². The summed E-state index contributed by atoms with van der Waals surface area (Å²) in [7, 11) is 0. The number of carbonyl (C=O) groups excluding carboxylic acids is 2. The van der Waals surface area contributed by atoms with Crippen molar-refractivity contribution in [3.05, 3.63) is 66.2 Å². The lowest BCUT2D eigenvalue weighted by atomic mass is 10.2. The van der Waals surface area contributed by atoms with Crippen molar-refractivity contribution in [3.8, 4) is 5.75 Å². The van der Waals surface area contributed by atoms with Crippen LogP contribution >= 0.6 is 0 Å². The molecule has 22 heavy (non-hydrogen) atoms. The van der Waals surface area contributed by atoms with E-state index in [1.807, 2.05) is 31.2 Å². The highest BCUT2D eigenvalue weighted by molar-refractivity contribution is 6.28. The summed E-state index contributed by atoms with van der Waals surface area (Å²) in [5, 5.41) is 9.43. The van der Waals surface area contributed by atoms with Gasteiger partial charge in [-0.3, -0.25) is 9.59 Å². The normalized spacial score (nSPS) is 13.0. The lowest BCUT2D eigenvalue weighted by molar-refractivity contribution is -0.120. The van der Waals surface area contributed by atoms with E-state index in [1.165, 1.54) is 29.8 Å². The second-order valence-corrected chi connectivity index (χ2v) is 4.74. The van der Waals surface area contributed by atoms with E-state index >= 15 is 0 Å². The molecule has 3 rings (SSSR count). The van der Waals surface area contributed by atoms with E-state index in [0.29, 0.717) is 0 Å². The van der Waals surface area contributed by atoms with Crippen molar-refractivity contribution in [3.63, 3.8) is 0 Å². The second kappa shape index (κ2) is 6.58. The number of benzene rings is 2. The Morgan fingerprint density at radius 1 is 0.909 bits per heavy atom. The van der Waals surface area contributed by atoms with Gasteiger partial charge in [-0.2, -0.15) is 0 Å². The first-order valence-corrected chi connectivity index (χ1v) is 6.65. The van der Waals surface area contributed by atoms with E-state index in [9.17, 15) is 14.7 Å². The molecule has 3 N–H and O–H groups in total. The summed E-state index contributed by atoms with van der Waals surface area (Å²) >= 11 is 0. The van der Waals surface area contributed by atoms with E-state index < -0.39 is 11.8 Å². The molecule has 0 atom stereocenters. The summed E-state index contributed by atoms with van der Waals surface area (Å²) in [6.07, 6.45) is 2.35. The molecule has 0 saturated heterocycles. The molecule has 112 valence electrons. The van der Waals surface area contributed by atoms with Crippen molar-refractivity contribution in [2.75, 3.05) is 10.6 Å². The summed E-state index contributed by atoms with van der Waals surface area (Å²) in [4.78, 5) is 23.4. The molecule has 0 spiro atoms. The number of phenols is 1.